The Kier molecular flexibility index (Phi) is 1.95. The van der Waals surface area contributed by atoms with Crippen LogP contribution in [-0.2, 0) is 0 Å². The molecule has 14 heavy (non-hydrogen) atoms. The third-order valence-electron chi connectivity index (χ3n) is 2.52. The molecule has 2 aromatic rings. The van der Waals surface area contributed by atoms with Crippen LogP contribution in [-0.4, -0.2) is 9.55 Å². The van der Waals surface area contributed by atoms with Gasteiger partial charge in [0.1, 0.15) is 0 Å². The molecule has 0 spiro atoms. The molecule has 2 rings (SSSR count). The average Bonchev–Trinajstić information content (AvgIpc) is 2.48. The van der Waals surface area contributed by atoms with Gasteiger partial charge in [-0.25, -0.2) is 4.98 Å². The van der Waals surface area contributed by atoms with E-state index in [0.29, 0.717) is 6.04 Å². The van der Waals surface area contributed by atoms with E-state index < -0.39 is 0 Å². The molecule has 0 aliphatic rings. The summed E-state index contributed by atoms with van der Waals surface area (Å²) in [6.07, 6.45) is 1.87. The number of rotatable bonds is 1. The largest absolute Gasteiger partial charge is 0.398 e. The molecule has 0 atom stereocenters. The van der Waals surface area contributed by atoms with Crippen LogP contribution in [0.3, 0.4) is 0 Å². The fourth-order valence-corrected chi connectivity index (χ4v) is 1.61. The van der Waals surface area contributed by atoms with Gasteiger partial charge in [0.05, 0.1) is 17.4 Å². The van der Waals surface area contributed by atoms with Crippen molar-refractivity contribution in [1.29, 1.82) is 0 Å². The average molecular weight is 189 g/mol. The second-order valence-electron chi connectivity index (χ2n) is 3.94. The van der Waals surface area contributed by atoms with Crippen molar-refractivity contribution in [3.05, 3.63) is 24.0 Å². The number of imidazole rings is 1. The molecule has 0 aliphatic heterocycles. The Morgan fingerprint density at radius 3 is 2.71 bits per heavy atom. The molecule has 3 nitrogen and oxygen atoms in total. The van der Waals surface area contributed by atoms with Gasteiger partial charge in [0.25, 0.3) is 0 Å². The monoisotopic (exact) mass is 189 g/mol. The first kappa shape index (κ1) is 9.06. The minimum absolute atomic E-state index is 0.419. The molecule has 2 N–H and O–H groups in total. The molecule has 1 aromatic heterocycles. The minimum Gasteiger partial charge on any atom is -0.398 e. The number of fused-ring (bicyclic) bond motifs is 1. The predicted octanol–water partition coefficient (Wildman–Crippen LogP) is 2.51. The van der Waals surface area contributed by atoms with E-state index >= 15 is 0 Å². The molecule has 0 unspecified atom stereocenters. The lowest BCUT2D eigenvalue weighted by atomic mass is 10.2. The molecule has 1 aromatic carbocycles. The highest BCUT2D eigenvalue weighted by molar-refractivity contribution is 5.81. The number of hydrogen-bond acceptors (Lipinski definition) is 2. The maximum absolute atomic E-state index is 5.87. The van der Waals surface area contributed by atoms with Gasteiger partial charge in [0.15, 0.2) is 0 Å². The van der Waals surface area contributed by atoms with E-state index in [9.17, 15) is 0 Å². The smallest absolute Gasteiger partial charge is 0.0960 e. The first-order chi connectivity index (χ1) is 6.59. The summed E-state index contributed by atoms with van der Waals surface area (Å²) in [6.45, 7) is 6.28. The highest BCUT2D eigenvalue weighted by Crippen LogP contribution is 2.22. The van der Waals surface area contributed by atoms with E-state index in [1.807, 2.05) is 25.4 Å². The molecular formula is C11H15N3. The Bertz CT molecular complexity index is 469. The number of nitrogens with zero attached hydrogens (tertiary/aromatic N) is 2. The maximum Gasteiger partial charge on any atom is 0.0960 e. The van der Waals surface area contributed by atoms with Crippen molar-refractivity contribution in [3.63, 3.8) is 0 Å². The summed E-state index contributed by atoms with van der Waals surface area (Å²) < 4.78 is 2.13. The van der Waals surface area contributed by atoms with Crippen LogP contribution >= 0.6 is 0 Å². The SMILES string of the molecule is Cc1cc2ncn(C(C)C)c2cc1N. The van der Waals surface area contributed by atoms with Crippen molar-refractivity contribution in [2.24, 2.45) is 0 Å². The summed E-state index contributed by atoms with van der Waals surface area (Å²) in [4.78, 5) is 4.35. The molecule has 0 amide bonds. The first-order valence-corrected chi connectivity index (χ1v) is 4.82. The Morgan fingerprint density at radius 1 is 1.36 bits per heavy atom. The predicted molar refractivity (Wildman–Crippen MR) is 59.3 cm³/mol. The second-order valence-corrected chi connectivity index (χ2v) is 3.94. The number of nitrogens with two attached hydrogens (primary N) is 1. The zero-order chi connectivity index (χ0) is 10.3. The summed E-state index contributed by atoms with van der Waals surface area (Å²) >= 11 is 0. The third-order valence-corrected chi connectivity index (χ3v) is 2.52. The standard InChI is InChI=1S/C11H15N3/c1-7(2)14-6-13-10-4-8(3)9(12)5-11(10)14/h4-7H,12H2,1-3H3. The summed E-state index contributed by atoms with van der Waals surface area (Å²) in [7, 11) is 0. The van der Waals surface area contributed by atoms with E-state index in [0.717, 1.165) is 22.3 Å². The number of hydrogen-bond donors (Lipinski definition) is 1. The number of nitrogen functional groups attached to an aromatic ring is 1. The van der Waals surface area contributed by atoms with Crippen LogP contribution in [0, 0.1) is 6.92 Å². The molecular weight excluding hydrogens is 174 g/mol. The zero-order valence-electron chi connectivity index (χ0n) is 8.78. The van der Waals surface area contributed by atoms with Crippen molar-refractivity contribution in [1.82, 2.24) is 9.55 Å². The lowest BCUT2D eigenvalue weighted by molar-refractivity contribution is 0.617. The fourth-order valence-electron chi connectivity index (χ4n) is 1.61. The molecule has 3 heteroatoms. The molecule has 0 aliphatic carbocycles. The second kappa shape index (κ2) is 3.01. The van der Waals surface area contributed by atoms with Gasteiger partial charge in [0.2, 0.25) is 0 Å². The Hall–Kier alpha value is -1.51. The molecule has 0 saturated heterocycles. The number of benzene rings is 1. The number of aromatic nitrogens is 2. The van der Waals surface area contributed by atoms with Crippen molar-refractivity contribution >= 4 is 16.7 Å². The van der Waals surface area contributed by atoms with Crippen molar-refractivity contribution < 1.29 is 0 Å². The lowest BCUT2D eigenvalue weighted by Gasteiger charge is -2.08. The van der Waals surface area contributed by atoms with E-state index in [-0.39, 0.29) is 0 Å². The van der Waals surface area contributed by atoms with E-state index in [1.54, 1.807) is 0 Å². The molecule has 0 saturated carbocycles. The molecule has 0 radical (unpaired) electrons. The summed E-state index contributed by atoms with van der Waals surface area (Å²) in [5.74, 6) is 0. The maximum atomic E-state index is 5.87. The quantitative estimate of drug-likeness (QED) is 0.700. The van der Waals surface area contributed by atoms with Crippen LogP contribution < -0.4 is 5.73 Å². The Labute approximate surface area is 83.6 Å². The number of anilines is 1. The molecule has 0 fully saturated rings. The molecule has 0 bridgehead atoms. The van der Waals surface area contributed by atoms with Crippen LogP contribution in [0.25, 0.3) is 11.0 Å². The Morgan fingerprint density at radius 2 is 2.07 bits per heavy atom. The van der Waals surface area contributed by atoms with Crippen LogP contribution in [0.5, 0.6) is 0 Å². The minimum atomic E-state index is 0.419. The highest BCUT2D eigenvalue weighted by atomic mass is 15.1. The number of aryl methyl sites for hydroxylation is 1. The van der Waals surface area contributed by atoms with Crippen LogP contribution in [0.1, 0.15) is 25.5 Å². The van der Waals surface area contributed by atoms with Crippen molar-refractivity contribution in [2.75, 3.05) is 5.73 Å². The topological polar surface area (TPSA) is 43.8 Å². The van der Waals surface area contributed by atoms with Gasteiger partial charge >= 0.3 is 0 Å². The van der Waals surface area contributed by atoms with Crippen molar-refractivity contribution in [3.8, 4) is 0 Å². The van der Waals surface area contributed by atoms with Crippen LogP contribution in [0.2, 0.25) is 0 Å². The van der Waals surface area contributed by atoms with Gasteiger partial charge < -0.3 is 10.3 Å². The zero-order valence-corrected chi connectivity index (χ0v) is 8.78. The van der Waals surface area contributed by atoms with Gasteiger partial charge in [-0.2, -0.15) is 0 Å². The van der Waals surface area contributed by atoms with Gasteiger partial charge in [-0.1, -0.05) is 0 Å². The van der Waals surface area contributed by atoms with E-state index in [4.69, 9.17) is 5.73 Å². The molecule has 1 heterocycles. The van der Waals surface area contributed by atoms with Gasteiger partial charge in [-0.3, -0.25) is 0 Å². The van der Waals surface area contributed by atoms with Gasteiger partial charge in [0, 0.05) is 11.7 Å². The van der Waals surface area contributed by atoms with Crippen molar-refractivity contribution in [2.45, 2.75) is 26.8 Å². The normalized spacial score (nSPS) is 11.4. The summed E-state index contributed by atoms with van der Waals surface area (Å²) in [6, 6.07) is 4.45. The van der Waals surface area contributed by atoms with Crippen LogP contribution in [0.4, 0.5) is 5.69 Å². The third kappa shape index (κ3) is 1.25. The highest BCUT2D eigenvalue weighted by Gasteiger charge is 2.06. The first-order valence-electron chi connectivity index (χ1n) is 4.82. The summed E-state index contributed by atoms with van der Waals surface area (Å²) in [5, 5.41) is 0. The van der Waals surface area contributed by atoms with Gasteiger partial charge in [-0.05, 0) is 38.5 Å². The van der Waals surface area contributed by atoms with E-state index in [2.05, 4.69) is 23.4 Å². The summed E-state index contributed by atoms with van der Waals surface area (Å²) in [5.41, 5.74) is 9.93. The van der Waals surface area contributed by atoms with E-state index in [1.165, 1.54) is 0 Å². The lowest BCUT2D eigenvalue weighted by Crippen LogP contribution is -1.99. The van der Waals surface area contributed by atoms with Crippen LogP contribution in [0.15, 0.2) is 18.5 Å². The molecule has 74 valence electrons. The fraction of sp³-hybridized carbons (Fsp3) is 0.364. The Balaban J connectivity index is 2.74. The van der Waals surface area contributed by atoms with Gasteiger partial charge in [-0.15, -0.1) is 0 Å².